The molecule has 0 aromatic carbocycles. The Kier molecular flexibility index (Phi) is 4.51. The van der Waals surface area contributed by atoms with E-state index in [-0.39, 0.29) is 0 Å². The second-order valence-corrected chi connectivity index (χ2v) is 5.03. The molecule has 94 valence electrons. The Bertz CT molecular complexity index is 322. The number of hydrogen-bond donors (Lipinski definition) is 1. The van der Waals surface area contributed by atoms with Gasteiger partial charge >= 0.3 is 0 Å². The van der Waals surface area contributed by atoms with Gasteiger partial charge in [0.15, 0.2) is 0 Å². The molecule has 3 nitrogen and oxygen atoms in total. The summed E-state index contributed by atoms with van der Waals surface area (Å²) < 4.78 is 0. The fraction of sp³-hybridized carbons (Fsp3) is 0.643. The van der Waals surface area contributed by atoms with Crippen LogP contribution in [0.15, 0.2) is 24.5 Å². The number of rotatable bonds is 4. The van der Waals surface area contributed by atoms with Gasteiger partial charge in [0.2, 0.25) is 0 Å². The number of aromatic nitrogens is 1. The molecule has 1 heterocycles. The average Bonchev–Trinajstić information content (AvgIpc) is 2.40. The van der Waals surface area contributed by atoms with Gasteiger partial charge in [0.1, 0.15) is 0 Å². The molecule has 0 aliphatic heterocycles. The van der Waals surface area contributed by atoms with E-state index in [1.165, 1.54) is 32.1 Å². The van der Waals surface area contributed by atoms with Crippen molar-refractivity contribution in [2.75, 3.05) is 13.6 Å². The highest BCUT2D eigenvalue weighted by Gasteiger charge is 2.20. The Morgan fingerprint density at radius 2 is 2.18 bits per heavy atom. The zero-order valence-electron chi connectivity index (χ0n) is 10.5. The quantitative estimate of drug-likeness (QED) is 0.869. The molecule has 1 atom stereocenters. The number of pyridine rings is 1. The van der Waals surface area contributed by atoms with Crippen molar-refractivity contribution in [2.24, 2.45) is 0 Å². The molecular weight excluding hydrogens is 212 g/mol. The minimum atomic E-state index is -0.421. The maximum Gasteiger partial charge on any atom is 0.0931 e. The van der Waals surface area contributed by atoms with Gasteiger partial charge in [-0.15, -0.1) is 0 Å². The fourth-order valence-corrected chi connectivity index (χ4v) is 2.62. The predicted molar refractivity (Wildman–Crippen MR) is 68.7 cm³/mol. The van der Waals surface area contributed by atoms with Crippen molar-refractivity contribution in [2.45, 2.75) is 44.2 Å². The van der Waals surface area contributed by atoms with Crippen molar-refractivity contribution in [3.8, 4) is 0 Å². The second-order valence-electron chi connectivity index (χ2n) is 5.03. The molecule has 17 heavy (non-hydrogen) atoms. The molecule has 1 aromatic rings. The zero-order valence-corrected chi connectivity index (χ0v) is 10.5. The summed E-state index contributed by atoms with van der Waals surface area (Å²) in [7, 11) is 2.12. The van der Waals surface area contributed by atoms with E-state index in [1.54, 1.807) is 12.4 Å². The third kappa shape index (κ3) is 3.51. The lowest BCUT2D eigenvalue weighted by Gasteiger charge is -2.32. The largest absolute Gasteiger partial charge is 0.387 e. The minimum Gasteiger partial charge on any atom is -0.387 e. The molecule has 1 aromatic heterocycles. The summed E-state index contributed by atoms with van der Waals surface area (Å²) >= 11 is 0. The van der Waals surface area contributed by atoms with E-state index in [4.69, 9.17) is 0 Å². The molecule has 1 aliphatic carbocycles. The van der Waals surface area contributed by atoms with Gasteiger partial charge < -0.3 is 10.0 Å². The first-order chi connectivity index (χ1) is 8.27. The van der Waals surface area contributed by atoms with Crippen molar-refractivity contribution in [3.63, 3.8) is 0 Å². The van der Waals surface area contributed by atoms with Crippen LogP contribution in [-0.4, -0.2) is 34.6 Å². The molecule has 0 radical (unpaired) electrons. The molecule has 1 unspecified atom stereocenters. The Hall–Kier alpha value is -0.930. The predicted octanol–water partition coefficient (Wildman–Crippen LogP) is 2.38. The summed E-state index contributed by atoms with van der Waals surface area (Å²) in [6.07, 6.45) is 9.65. The van der Waals surface area contributed by atoms with Crippen LogP contribution in [-0.2, 0) is 0 Å². The zero-order chi connectivity index (χ0) is 12.1. The molecule has 1 saturated carbocycles. The first-order valence-electron chi connectivity index (χ1n) is 6.55. The van der Waals surface area contributed by atoms with E-state index in [2.05, 4.69) is 16.9 Å². The molecule has 3 heteroatoms. The van der Waals surface area contributed by atoms with Gasteiger partial charge in [-0.3, -0.25) is 4.98 Å². The van der Waals surface area contributed by atoms with Crippen LogP contribution in [0.3, 0.4) is 0 Å². The van der Waals surface area contributed by atoms with Crippen LogP contribution in [0.2, 0.25) is 0 Å². The molecule has 2 rings (SSSR count). The molecular formula is C14H22N2O. The number of aliphatic hydroxyl groups is 1. The van der Waals surface area contributed by atoms with Crippen molar-refractivity contribution in [1.82, 2.24) is 9.88 Å². The van der Waals surface area contributed by atoms with Gasteiger partial charge in [-0.05, 0) is 26.0 Å². The van der Waals surface area contributed by atoms with Crippen LogP contribution in [0, 0.1) is 0 Å². The second kappa shape index (κ2) is 6.12. The standard InChI is InChI=1S/C14H22N2O/c1-16(13-7-3-2-4-8-13)11-14(17)12-6-5-9-15-10-12/h5-6,9-10,13-14,17H,2-4,7-8,11H2,1H3. The average molecular weight is 234 g/mol. The van der Waals surface area contributed by atoms with Gasteiger partial charge in [0.05, 0.1) is 6.10 Å². The summed E-state index contributed by atoms with van der Waals surface area (Å²) in [5, 5.41) is 10.1. The van der Waals surface area contributed by atoms with Gasteiger partial charge in [-0.2, -0.15) is 0 Å². The lowest BCUT2D eigenvalue weighted by atomic mass is 9.94. The van der Waals surface area contributed by atoms with E-state index in [9.17, 15) is 5.11 Å². The topological polar surface area (TPSA) is 36.4 Å². The lowest BCUT2D eigenvalue weighted by Crippen LogP contribution is -2.36. The molecule has 1 N–H and O–H groups in total. The molecule has 0 bridgehead atoms. The van der Waals surface area contributed by atoms with Crippen molar-refractivity contribution >= 4 is 0 Å². The third-order valence-electron chi connectivity index (χ3n) is 3.73. The fourth-order valence-electron chi connectivity index (χ4n) is 2.62. The monoisotopic (exact) mass is 234 g/mol. The van der Waals surface area contributed by atoms with E-state index in [0.717, 1.165) is 5.56 Å². The summed E-state index contributed by atoms with van der Waals surface area (Å²) in [5.41, 5.74) is 0.912. The SMILES string of the molecule is CN(CC(O)c1cccnc1)C1CCCCC1. The van der Waals surface area contributed by atoms with Crippen LogP contribution >= 0.6 is 0 Å². The number of hydrogen-bond acceptors (Lipinski definition) is 3. The van der Waals surface area contributed by atoms with E-state index in [1.807, 2.05) is 12.1 Å². The first-order valence-corrected chi connectivity index (χ1v) is 6.55. The van der Waals surface area contributed by atoms with Gasteiger partial charge in [-0.1, -0.05) is 25.3 Å². The Morgan fingerprint density at radius 1 is 1.41 bits per heavy atom. The van der Waals surface area contributed by atoms with Gasteiger partial charge in [0.25, 0.3) is 0 Å². The maximum atomic E-state index is 10.1. The van der Waals surface area contributed by atoms with E-state index in [0.29, 0.717) is 12.6 Å². The van der Waals surface area contributed by atoms with Crippen LogP contribution in [0.5, 0.6) is 0 Å². The number of likely N-dealkylation sites (N-methyl/N-ethyl adjacent to an activating group) is 1. The summed E-state index contributed by atoms with van der Waals surface area (Å²) in [5.74, 6) is 0. The molecule has 1 aliphatic rings. The first kappa shape index (κ1) is 12.5. The summed E-state index contributed by atoms with van der Waals surface area (Å²) in [4.78, 5) is 6.35. The molecule has 0 amide bonds. The van der Waals surface area contributed by atoms with Crippen molar-refractivity contribution in [1.29, 1.82) is 0 Å². The number of nitrogens with zero attached hydrogens (tertiary/aromatic N) is 2. The highest BCUT2D eigenvalue weighted by Crippen LogP contribution is 2.23. The molecule has 0 saturated heterocycles. The minimum absolute atomic E-state index is 0.421. The van der Waals surface area contributed by atoms with Crippen LogP contribution in [0.25, 0.3) is 0 Å². The Morgan fingerprint density at radius 3 is 2.82 bits per heavy atom. The van der Waals surface area contributed by atoms with Crippen molar-refractivity contribution in [3.05, 3.63) is 30.1 Å². The maximum absolute atomic E-state index is 10.1. The highest BCUT2D eigenvalue weighted by atomic mass is 16.3. The van der Waals surface area contributed by atoms with E-state index >= 15 is 0 Å². The van der Waals surface area contributed by atoms with Crippen LogP contribution < -0.4 is 0 Å². The summed E-state index contributed by atoms with van der Waals surface area (Å²) in [6.45, 7) is 0.705. The number of aliphatic hydroxyl groups excluding tert-OH is 1. The third-order valence-corrected chi connectivity index (χ3v) is 3.73. The van der Waals surface area contributed by atoms with Gasteiger partial charge in [0, 0.05) is 30.5 Å². The normalized spacial score (nSPS) is 19.5. The molecule has 0 spiro atoms. The Balaban J connectivity index is 1.87. The van der Waals surface area contributed by atoms with Crippen LogP contribution in [0.4, 0.5) is 0 Å². The van der Waals surface area contributed by atoms with E-state index < -0.39 is 6.10 Å². The van der Waals surface area contributed by atoms with Gasteiger partial charge in [-0.25, -0.2) is 0 Å². The summed E-state index contributed by atoms with van der Waals surface area (Å²) in [6, 6.07) is 4.46. The van der Waals surface area contributed by atoms with Crippen LogP contribution in [0.1, 0.15) is 43.8 Å². The smallest absolute Gasteiger partial charge is 0.0931 e. The Labute approximate surface area is 103 Å². The highest BCUT2D eigenvalue weighted by molar-refractivity contribution is 5.12. The van der Waals surface area contributed by atoms with Crippen molar-refractivity contribution < 1.29 is 5.11 Å². The molecule has 1 fully saturated rings. The lowest BCUT2D eigenvalue weighted by molar-refractivity contribution is 0.0912.